The maximum atomic E-state index is 12.2. The molecule has 1 heterocycles. The van der Waals surface area contributed by atoms with Gasteiger partial charge in [-0.25, -0.2) is 4.98 Å². The molecule has 1 aromatic heterocycles. The van der Waals surface area contributed by atoms with Crippen LogP contribution in [0.4, 0.5) is 19.0 Å². The SMILES string of the molecule is COCCCCNc1ccc(C(F)(F)F)cn1. The summed E-state index contributed by atoms with van der Waals surface area (Å²) in [6.07, 6.45) is -1.71. The van der Waals surface area contributed by atoms with Gasteiger partial charge in [-0.2, -0.15) is 13.2 Å². The number of anilines is 1. The first-order valence-corrected chi connectivity index (χ1v) is 5.30. The van der Waals surface area contributed by atoms with Gasteiger partial charge in [0, 0.05) is 26.5 Å². The number of halogens is 3. The Bertz CT molecular complexity index is 324. The predicted octanol–water partition coefficient (Wildman–Crippen LogP) is 2.94. The molecule has 0 aliphatic carbocycles. The number of nitrogens with zero attached hydrogens (tertiary/aromatic N) is 1. The Labute approximate surface area is 98.0 Å². The highest BCUT2D eigenvalue weighted by molar-refractivity contribution is 5.35. The van der Waals surface area contributed by atoms with Crippen LogP contribution in [-0.2, 0) is 10.9 Å². The van der Waals surface area contributed by atoms with E-state index in [0.717, 1.165) is 25.1 Å². The van der Waals surface area contributed by atoms with Crippen LogP contribution in [0.3, 0.4) is 0 Å². The predicted molar refractivity (Wildman–Crippen MR) is 58.8 cm³/mol. The van der Waals surface area contributed by atoms with Crippen LogP contribution in [0.1, 0.15) is 18.4 Å². The van der Waals surface area contributed by atoms with E-state index in [1.54, 1.807) is 7.11 Å². The normalized spacial score (nSPS) is 11.5. The quantitative estimate of drug-likeness (QED) is 0.786. The Kier molecular flexibility index (Phi) is 5.21. The van der Waals surface area contributed by atoms with Gasteiger partial charge in [0.25, 0.3) is 0 Å². The fourth-order valence-corrected chi connectivity index (χ4v) is 1.25. The average Bonchev–Trinajstić information content (AvgIpc) is 2.28. The van der Waals surface area contributed by atoms with Gasteiger partial charge in [0.2, 0.25) is 0 Å². The number of alkyl halides is 3. The summed E-state index contributed by atoms with van der Waals surface area (Å²) in [5, 5.41) is 2.95. The van der Waals surface area contributed by atoms with Crippen LogP contribution < -0.4 is 5.32 Å². The summed E-state index contributed by atoms with van der Waals surface area (Å²) in [7, 11) is 1.63. The van der Waals surface area contributed by atoms with Crippen LogP contribution in [0.2, 0.25) is 0 Å². The molecule has 17 heavy (non-hydrogen) atoms. The van der Waals surface area contributed by atoms with Crippen molar-refractivity contribution in [1.82, 2.24) is 4.98 Å². The average molecular weight is 248 g/mol. The fraction of sp³-hybridized carbons (Fsp3) is 0.545. The van der Waals surface area contributed by atoms with Crippen LogP contribution in [0.15, 0.2) is 18.3 Å². The van der Waals surface area contributed by atoms with Crippen LogP contribution >= 0.6 is 0 Å². The Hall–Kier alpha value is -1.30. The van der Waals surface area contributed by atoms with E-state index in [4.69, 9.17) is 4.74 Å². The third kappa shape index (κ3) is 5.04. The van der Waals surface area contributed by atoms with Gasteiger partial charge in [0.05, 0.1) is 5.56 Å². The molecule has 0 spiro atoms. The van der Waals surface area contributed by atoms with Crippen molar-refractivity contribution in [2.24, 2.45) is 0 Å². The molecule has 0 saturated carbocycles. The summed E-state index contributed by atoms with van der Waals surface area (Å²) < 4.78 is 41.6. The van der Waals surface area contributed by atoms with Crippen molar-refractivity contribution in [1.29, 1.82) is 0 Å². The van der Waals surface area contributed by atoms with Crippen molar-refractivity contribution in [2.75, 3.05) is 25.6 Å². The molecule has 0 unspecified atom stereocenters. The Balaban J connectivity index is 2.36. The Morgan fingerprint density at radius 2 is 2.06 bits per heavy atom. The summed E-state index contributed by atoms with van der Waals surface area (Å²) in [6, 6.07) is 2.35. The molecule has 0 bridgehead atoms. The molecule has 1 aromatic rings. The summed E-state index contributed by atoms with van der Waals surface area (Å²) >= 11 is 0. The van der Waals surface area contributed by atoms with E-state index in [9.17, 15) is 13.2 Å². The molecular formula is C11H15F3N2O. The zero-order valence-corrected chi connectivity index (χ0v) is 9.55. The van der Waals surface area contributed by atoms with Crippen molar-refractivity contribution in [3.63, 3.8) is 0 Å². The van der Waals surface area contributed by atoms with Crippen LogP contribution in [0, 0.1) is 0 Å². The zero-order chi connectivity index (χ0) is 12.7. The van der Waals surface area contributed by atoms with Crippen molar-refractivity contribution in [3.05, 3.63) is 23.9 Å². The summed E-state index contributed by atoms with van der Waals surface area (Å²) in [6.45, 7) is 1.35. The lowest BCUT2D eigenvalue weighted by Crippen LogP contribution is -2.08. The lowest BCUT2D eigenvalue weighted by atomic mass is 10.2. The molecule has 0 saturated heterocycles. The molecule has 0 aromatic carbocycles. The van der Waals surface area contributed by atoms with Gasteiger partial charge < -0.3 is 10.1 Å². The molecule has 0 aliphatic heterocycles. The lowest BCUT2D eigenvalue weighted by molar-refractivity contribution is -0.137. The molecule has 0 fully saturated rings. The molecular weight excluding hydrogens is 233 g/mol. The highest BCUT2D eigenvalue weighted by atomic mass is 19.4. The summed E-state index contributed by atoms with van der Waals surface area (Å²) in [5.74, 6) is 0.454. The fourth-order valence-electron chi connectivity index (χ4n) is 1.25. The number of unbranched alkanes of at least 4 members (excludes halogenated alkanes) is 1. The number of hydrogen-bond acceptors (Lipinski definition) is 3. The van der Waals surface area contributed by atoms with Gasteiger partial charge in [-0.3, -0.25) is 0 Å². The van der Waals surface area contributed by atoms with E-state index in [0.29, 0.717) is 19.0 Å². The zero-order valence-electron chi connectivity index (χ0n) is 9.55. The molecule has 0 atom stereocenters. The van der Waals surface area contributed by atoms with E-state index in [2.05, 4.69) is 10.3 Å². The van der Waals surface area contributed by atoms with E-state index < -0.39 is 11.7 Å². The monoisotopic (exact) mass is 248 g/mol. The first-order chi connectivity index (χ1) is 8.04. The topological polar surface area (TPSA) is 34.1 Å². The molecule has 0 radical (unpaired) electrons. The van der Waals surface area contributed by atoms with Crippen molar-refractivity contribution in [2.45, 2.75) is 19.0 Å². The maximum absolute atomic E-state index is 12.2. The number of ether oxygens (including phenoxy) is 1. The smallest absolute Gasteiger partial charge is 0.385 e. The third-order valence-electron chi connectivity index (χ3n) is 2.17. The highest BCUT2D eigenvalue weighted by Crippen LogP contribution is 2.28. The van der Waals surface area contributed by atoms with Crippen molar-refractivity contribution < 1.29 is 17.9 Å². The van der Waals surface area contributed by atoms with E-state index >= 15 is 0 Å². The van der Waals surface area contributed by atoms with E-state index in [-0.39, 0.29) is 0 Å². The van der Waals surface area contributed by atoms with Crippen LogP contribution in [0.5, 0.6) is 0 Å². The van der Waals surface area contributed by atoms with Crippen LogP contribution in [0.25, 0.3) is 0 Å². The first kappa shape index (κ1) is 13.8. The van der Waals surface area contributed by atoms with Crippen LogP contribution in [-0.4, -0.2) is 25.2 Å². The summed E-state index contributed by atoms with van der Waals surface area (Å²) in [5.41, 5.74) is -0.734. The lowest BCUT2D eigenvalue weighted by Gasteiger charge is -2.08. The Morgan fingerprint density at radius 1 is 1.29 bits per heavy atom. The number of rotatable bonds is 6. The largest absolute Gasteiger partial charge is 0.417 e. The second kappa shape index (κ2) is 6.44. The van der Waals surface area contributed by atoms with Gasteiger partial charge in [-0.05, 0) is 25.0 Å². The minimum atomic E-state index is -4.33. The molecule has 6 heteroatoms. The molecule has 1 rings (SSSR count). The maximum Gasteiger partial charge on any atom is 0.417 e. The second-order valence-corrected chi connectivity index (χ2v) is 3.56. The highest BCUT2D eigenvalue weighted by Gasteiger charge is 2.30. The van der Waals surface area contributed by atoms with Crippen molar-refractivity contribution >= 4 is 5.82 Å². The Morgan fingerprint density at radius 3 is 2.59 bits per heavy atom. The first-order valence-electron chi connectivity index (χ1n) is 5.30. The molecule has 0 amide bonds. The third-order valence-corrected chi connectivity index (χ3v) is 2.17. The number of aromatic nitrogens is 1. The van der Waals surface area contributed by atoms with Crippen molar-refractivity contribution in [3.8, 4) is 0 Å². The van der Waals surface area contributed by atoms with Gasteiger partial charge >= 0.3 is 6.18 Å². The number of pyridine rings is 1. The number of hydrogen-bond donors (Lipinski definition) is 1. The minimum Gasteiger partial charge on any atom is -0.385 e. The van der Waals surface area contributed by atoms with Gasteiger partial charge in [-0.15, -0.1) is 0 Å². The molecule has 0 aliphatic rings. The van der Waals surface area contributed by atoms with Gasteiger partial charge in [0.15, 0.2) is 0 Å². The minimum absolute atomic E-state index is 0.454. The standard InChI is InChI=1S/C11H15F3N2O/c1-17-7-3-2-6-15-10-5-4-9(8-16-10)11(12,13)14/h4-5,8H,2-3,6-7H2,1H3,(H,15,16). The number of methoxy groups -OCH3 is 1. The van der Waals surface area contributed by atoms with E-state index in [1.165, 1.54) is 6.07 Å². The van der Waals surface area contributed by atoms with E-state index in [1.807, 2.05) is 0 Å². The molecule has 1 N–H and O–H groups in total. The second-order valence-electron chi connectivity index (χ2n) is 3.56. The summed E-state index contributed by atoms with van der Waals surface area (Å²) in [4.78, 5) is 3.70. The van der Waals surface area contributed by atoms with Gasteiger partial charge in [0.1, 0.15) is 5.82 Å². The molecule has 96 valence electrons. The molecule has 3 nitrogen and oxygen atoms in total. The van der Waals surface area contributed by atoms with Gasteiger partial charge in [-0.1, -0.05) is 0 Å². The number of nitrogens with one attached hydrogen (secondary N) is 1.